The van der Waals surface area contributed by atoms with Crippen LogP contribution < -0.4 is 48.7 Å². The summed E-state index contributed by atoms with van der Waals surface area (Å²) < 4.78 is 61.8. The molecule has 4 aromatic carbocycles. The van der Waals surface area contributed by atoms with Crippen molar-refractivity contribution in [3.05, 3.63) is 137 Å². The molecule has 3 aliphatic heterocycles. The third-order valence-electron chi connectivity index (χ3n) is 17.3. The molecule has 5 heterocycles. The number of amides is 10. The van der Waals surface area contributed by atoms with Crippen LogP contribution in [0.25, 0.3) is 21.8 Å². The van der Waals surface area contributed by atoms with Crippen LogP contribution in [0.15, 0.2) is 97.3 Å². The number of aromatic hydroxyl groups is 1. The first-order valence-electron chi connectivity index (χ1n) is 32.0. The minimum Gasteiger partial charge on any atom is -0.508 e. The van der Waals surface area contributed by atoms with Crippen molar-refractivity contribution < 1.29 is 70.6 Å². The maximum Gasteiger partial charge on any atom is 0.267 e. The predicted octanol–water partition coefficient (Wildman–Crippen LogP) is 3.51. The highest BCUT2D eigenvalue weighted by Gasteiger charge is 2.52. The minimum atomic E-state index is -3.75. The summed E-state index contributed by atoms with van der Waals surface area (Å²) in [4.78, 5) is 151. The number of hydrogen-bond acceptors (Lipinski definition) is 14. The number of aromatic nitrogens is 2. The van der Waals surface area contributed by atoms with Gasteiger partial charge in [0.2, 0.25) is 59.1 Å². The number of unbranched alkanes of at least 4 members (excludes halogenated alkanes) is 1. The van der Waals surface area contributed by atoms with Crippen molar-refractivity contribution >= 4 is 104 Å². The number of carbonyl (C=O) groups excluding carboxylic acids is 10. The topological polar surface area (TPSA) is 365 Å². The van der Waals surface area contributed by atoms with Gasteiger partial charge in [-0.3, -0.25) is 47.9 Å². The number of primary amides is 1. The van der Waals surface area contributed by atoms with Crippen molar-refractivity contribution in [3.63, 3.8) is 0 Å². The first-order valence-corrected chi connectivity index (χ1v) is 34.3. The number of fused-ring (bicyclic) bond motifs is 6. The molecule has 3 aliphatic rings. The normalized spacial score (nSPS) is 24.4. The van der Waals surface area contributed by atoms with E-state index in [-0.39, 0.29) is 61.2 Å². The number of carbonyl (C=O) groups is 10. The lowest BCUT2D eigenvalue weighted by Gasteiger charge is -2.31. The summed E-state index contributed by atoms with van der Waals surface area (Å²) in [5, 5.41) is 29.0. The number of thioether (sulfide) groups is 2. The highest BCUT2D eigenvalue weighted by atomic mass is 32.2. The number of nitrogens with two attached hydrogens (primary N) is 2. The van der Waals surface area contributed by atoms with E-state index in [1.807, 2.05) is 24.3 Å². The lowest BCUT2D eigenvalue weighted by atomic mass is 10.0. The van der Waals surface area contributed by atoms with Crippen LogP contribution in [0.5, 0.6) is 5.75 Å². The summed E-state index contributed by atoms with van der Waals surface area (Å²) in [7, 11) is 0. The Kier molecular flexibility index (Phi) is 24.3. The fraction of sp³-hybridized carbons (Fsp3) is 0.433. The number of alkyl halides is 2. The van der Waals surface area contributed by atoms with Gasteiger partial charge in [0, 0.05) is 95.9 Å². The van der Waals surface area contributed by atoms with E-state index in [0.29, 0.717) is 69.0 Å². The molecule has 0 aliphatic carbocycles. The zero-order chi connectivity index (χ0) is 69.7. The third kappa shape index (κ3) is 19.1. The Bertz CT molecular complexity index is 3900. The predicted molar refractivity (Wildman–Crippen MR) is 356 cm³/mol. The molecule has 0 radical (unpaired) electrons. The van der Waals surface area contributed by atoms with Crippen LogP contribution in [0.4, 0.5) is 17.6 Å². The SMILES string of the molecule is C[C@@H]1NC(=O)[C@@H]2CC(F)(F)CN2C(=O)[C@H](Cc2c[nH]c3ccc(F)cc23)NC(=O)[C@H](Cc2c[nH]c3ccc(F)cc23)NC(=O)[C@@H](C)NC(=O)[C@H](CCCCN)NC(=O)CCSCc2cccc(c2)CSC[C@@H](C(N)=O)NC(=O)[C@@H]2CCCN2C(=O)[C@H](Cc2ccc(O)cc2)NC1=O. The van der Waals surface area contributed by atoms with E-state index in [9.17, 15) is 52.2 Å². The summed E-state index contributed by atoms with van der Waals surface area (Å²) >= 11 is 2.79. The number of halogens is 4. The van der Waals surface area contributed by atoms with E-state index in [4.69, 9.17) is 11.5 Å². The smallest absolute Gasteiger partial charge is 0.267 e. The average molecular weight is 1380 g/mol. The second kappa shape index (κ2) is 32.7. The van der Waals surface area contributed by atoms with E-state index < -0.39 is 157 Å². The number of aromatic amines is 2. The summed E-state index contributed by atoms with van der Waals surface area (Å²) in [5.41, 5.74) is 15.2. The van der Waals surface area contributed by atoms with Gasteiger partial charge in [-0.25, -0.2) is 17.6 Å². The van der Waals surface area contributed by atoms with Crippen LogP contribution >= 0.6 is 23.5 Å². The van der Waals surface area contributed by atoms with Crippen molar-refractivity contribution in [2.24, 2.45) is 11.5 Å². The number of hydrogen-bond donors (Lipinski definition) is 12. The van der Waals surface area contributed by atoms with Crippen molar-refractivity contribution in [2.45, 2.75) is 150 Å². The van der Waals surface area contributed by atoms with Crippen molar-refractivity contribution in [1.82, 2.24) is 57.0 Å². The van der Waals surface area contributed by atoms with Gasteiger partial charge in [-0.1, -0.05) is 36.4 Å². The number of phenols is 1. The van der Waals surface area contributed by atoms with Crippen LogP contribution in [0.3, 0.4) is 0 Å². The van der Waals surface area contributed by atoms with E-state index >= 15 is 18.4 Å². The molecular weight excluding hydrogens is 1300 g/mol. The largest absolute Gasteiger partial charge is 0.508 e. The van der Waals surface area contributed by atoms with Gasteiger partial charge >= 0.3 is 0 Å². The third-order valence-corrected chi connectivity index (χ3v) is 19.4. The molecule has 97 heavy (non-hydrogen) atoms. The molecule has 24 nitrogen and oxygen atoms in total. The van der Waals surface area contributed by atoms with Crippen molar-refractivity contribution in [1.29, 1.82) is 0 Å². The summed E-state index contributed by atoms with van der Waals surface area (Å²) in [5.74, 6) is -12.8. The van der Waals surface area contributed by atoms with Gasteiger partial charge in [-0.2, -0.15) is 23.5 Å². The zero-order valence-electron chi connectivity index (χ0n) is 53.4. The first-order chi connectivity index (χ1) is 46.3. The van der Waals surface area contributed by atoms with Gasteiger partial charge in [0.1, 0.15) is 71.8 Å². The first kappa shape index (κ1) is 72.1. The fourth-order valence-electron chi connectivity index (χ4n) is 12.1. The number of H-pyrrole nitrogens is 2. The molecule has 14 N–H and O–H groups in total. The monoisotopic (exact) mass is 1380 g/mol. The van der Waals surface area contributed by atoms with Gasteiger partial charge in [-0.05, 0) is 129 Å². The zero-order valence-corrected chi connectivity index (χ0v) is 55.0. The van der Waals surface area contributed by atoms with Crippen LogP contribution in [0.2, 0.25) is 0 Å². The molecule has 10 amide bonds. The summed E-state index contributed by atoms with van der Waals surface area (Å²) in [6.07, 6.45) is 2.04. The molecule has 9 rings (SSSR count). The quantitative estimate of drug-likeness (QED) is 0.0653. The van der Waals surface area contributed by atoms with E-state index in [1.165, 1.54) is 109 Å². The summed E-state index contributed by atoms with van der Waals surface area (Å²) in [6, 6.07) is 7.41. The van der Waals surface area contributed by atoms with Crippen molar-refractivity contribution in [2.75, 3.05) is 31.1 Å². The standard InChI is InChI=1S/C67H79F4N13O11S2/c1-36-59(88)79-51(25-41-30-74-48-17-13-43(68)27-46(41)48)62(91)81-53(26-42-31-75-49-18-14-44(69)28-47(42)49)66(95)84-35-67(70,71)29-56(84)64(93)77-37(2)60(89)80-52(24-38-11-15-45(85)16-12-38)65(94)83-21-6-10-55(83)63(92)82-54(58(73)87)34-97-33-40-8-5-7-39(23-40)32-96-22-19-57(86)78-50(61(90)76-36)9-3-4-20-72/h5,7-8,11-18,23,27-28,30-31,36-37,50-56,74-75,85H,3-4,6,9-10,19-22,24-26,29,32-35,72H2,1-2H3,(H2,73,87)(H,76,90)(H,77,93)(H,78,86)(H,79,88)(H,80,89)(H,81,91)(H,82,92)/t36-,37+,50+,51+,52+,53+,54+,55+,56+/m1/s1. The lowest BCUT2D eigenvalue weighted by Crippen LogP contribution is -2.60. The number of benzene rings is 4. The van der Waals surface area contributed by atoms with E-state index in [0.717, 1.165) is 17.2 Å². The molecule has 2 bridgehead atoms. The molecule has 2 aromatic heterocycles. The van der Waals surface area contributed by atoms with Crippen molar-refractivity contribution in [3.8, 4) is 5.75 Å². The molecule has 518 valence electrons. The molecule has 0 unspecified atom stereocenters. The van der Waals surface area contributed by atoms with Crippen LogP contribution in [0, 0.1) is 11.6 Å². The molecule has 2 saturated heterocycles. The van der Waals surface area contributed by atoms with Gasteiger partial charge in [0.05, 0.1) is 6.54 Å². The maximum absolute atomic E-state index is 16.0. The molecule has 9 atom stereocenters. The lowest BCUT2D eigenvalue weighted by molar-refractivity contribution is -0.143. The Morgan fingerprint density at radius 2 is 1.18 bits per heavy atom. The Morgan fingerprint density at radius 3 is 1.80 bits per heavy atom. The molecule has 6 aromatic rings. The van der Waals surface area contributed by atoms with Gasteiger partial charge in [-0.15, -0.1) is 0 Å². The minimum absolute atomic E-state index is 0.00331. The molecule has 0 spiro atoms. The maximum atomic E-state index is 16.0. The van der Waals surface area contributed by atoms with Gasteiger partial charge < -0.3 is 73.6 Å². The van der Waals surface area contributed by atoms with Crippen LogP contribution in [-0.4, -0.2) is 175 Å². The Balaban J connectivity index is 1.04. The number of nitrogens with zero attached hydrogens (tertiary/aromatic N) is 2. The molecule has 2 fully saturated rings. The second-order valence-corrected chi connectivity index (χ2v) is 26.8. The molecular formula is C67H79F4N13O11S2. The average Bonchev–Trinajstić information content (AvgIpc) is 1.71. The van der Waals surface area contributed by atoms with Crippen LogP contribution in [-0.2, 0) is 78.7 Å². The second-order valence-electron chi connectivity index (χ2n) is 24.7. The number of nitrogens with one attached hydrogen (secondary N) is 9. The van der Waals surface area contributed by atoms with E-state index in [2.05, 4.69) is 47.2 Å². The van der Waals surface area contributed by atoms with Gasteiger partial charge in [0.25, 0.3) is 5.92 Å². The van der Waals surface area contributed by atoms with Gasteiger partial charge in [0.15, 0.2) is 0 Å². The fourth-order valence-corrected chi connectivity index (χ4v) is 14.0. The van der Waals surface area contributed by atoms with Crippen LogP contribution in [0.1, 0.15) is 86.6 Å². The van der Waals surface area contributed by atoms with E-state index in [1.54, 1.807) is 0 Å². The summed E-state index contributed by atoms with van der Waals surface area (Å²) in [6.45, 7) is 1.50. The number of rotatable bonds is 11. The highest BCUT2D eigenvalue weighted by Crippen LogP contribution is 2.34. The number of phenolic OH excluding ortho intramolecular Hbond substituents is 1. The highest BCUT2D eigenvalue weighted by molar-refractivity contribution is 7.98. The Labute approximate surface area is 564 Å². The molecule has 30 heteroatoms. The molecule has 0 saturated carbocycles. The Morgan fingerprint density at radius 1 is 0.619 bits per heavy atom. The Hall–Kier alpha value is -9.16.